The molecule has 0 unspecified atom stereocenters. The Morgan fingerprint density at radius 2 is 1.80 bits per heavy atom. The molecule has 3 nitrogen and oxygen atoms in total. The van der Waals surface area contributed by atoms with Crippen molar-refractivity contribution in [1.82, 2.24) is 0 Å². The van der Waals surface area contributed by atoms with E-state index in [1.165, 1.54) is 0 Å². The average molecular weight is 334 g/mol. The summed E-state index contributed by atoms with van der Waals surface area (Å²) in [6.45, 7) is 4.15. The molecule has 0 saturated carbocycles. The van der Waals surface area contributed by atoms with Crippen LogP contribution in [0.25, 0.3) is 16.3 Å². The number of phenolic OH excluding ortho intramolecular Hbond substituents is 2. The average Bonchev–Trinajstić information content (AvgIpc) is 2.41. The highest BCUT2D eigenvalue weighted by molar-refractivity contribution is 5.94. The van der Waals surface area contributed by atoms with Crippen LogP contribution in [0, 0.1) is 0 Å². The number of hydrogen-bond acceptors (Lipinski definition) is 2. The third-order valence-corrected chi connectivity index (χ3v) is 3.50. The quantitative estimate of drug-likeness (QED) is 0.377. The highest BCUT2D eigenvalue weighted by Gasteiger charge is 2.16. The van der Waals surface area contributed by atoms with Gasteiger partial charge < -0.3 is 27.2 Å². The van der Waals surface area contributed by atoms with Crippen LogP contribution in [0.3, 0.4) is 0 Å². The Balaban J connectivity index is 0.00000147. The fourth-order valence-electron chi connectivity index (χ4n) is 2.48. The van der Waals surface area contributed by atoms with Gasteiger partial charge in [-0.15, -0.1) is 0 Å². The Morgan fingerprint density at radius 1 is 1.05 bits per heavy atom. The van der Waals surface area contributed by atoms with Crippen molar-refractivity contribution >= 4 is 16.3 Å². The van der Waals surface area contributed by atoms with Crippen LogP contribution in [0.1, 0.15) is 25.3 Å². The summed E-state index contributed by atoms with van der Waals surface area (Å²) in [4.78, 5) is 0. The number of pyridine rings is 2. The van der Waals surface area contributed by atoms with Crippen molar-refractivity contribution in [2.75, 3.05) is 0 Å². The third-order valence-electron chi connectivity index (χ3n) is 3.50. The summed E-state index contributed by atoms with van der Waals surface area (Å²) in [6.07, 6.45) is 3.97. The first-order valence-corrected chi connectivity index (χ1v) is 6.36. The lowest BCUT2D eigenvalue weighted by Crippen LogP contribution is -3.00. The molecule has 0 bridgehead atoms. The molecule has 4 heteroatoms. The molecule has 0 spiro atoms. The summed E-state index contributed by atoms with van der Waals surface area (Å²) >= 11 is 0. The zero-order chi connectivity index (χ0) is 13.6. The lowest BCUT2D eigenvalue weighted by atomic mass is 9.96. The number of fused-ring (bicyclic) bond motifs is 2. The minimum atomic E-state index is -0.0588. The van der Waals surface area contributed by atoms with Crippen LogP contribution in [0.15, 0.2) is 42.7 Å². The summed E-state index contributed by atoms with van der Waals surface area (Å²) in [5.74, 6) is 0.165. The van der Waals surface area contributed by atoms with Crippen molar-refractivity contribution in [3.8, 4) is 11.5 Å². The molecule has 0 saturated heterocycles. The van der Waals surface area contributed by atoms with E-state index < -0.39 is 0 Å². The SMILES string of the molecule is CC(C)c1cc(O)c(O)c2cc3cccc[n+]3cc12.[Br-]. The third kappa shape index (κ3) is 2.20. The molecule has 3 aromatic rings. The molecule has 20 heavy (non-hydrogen) atoms. The van der Waals surface area contributed by atoms with Crippen LogP contribution in [-0.2, 0) is 0 Å². The highest BCUT2D eigenvalue weighted by Crippen LogP contribution is 2.38. The van der Waals surface area contributed by atoms with Crippen LogP contribution in [0.5, 0.6) is 11.5 Å². The molecule has 3 rings (SSSR count). The van der Waals surface area contributed by atoms with Crippen LogP contribution in [0.4, 0.5) is 0 Å². The van der Waals surface area contributed by atoms with Crippen LogP contribution in [0.2, 0.25) is 0 Å². The van der Waals surface area contributed by atoms with E-state index in [9.17, 15) is 10.2 Å². The van der Waals surface area contributed by atoms with Gasteiger partial charge in [0.05, 0.1) is 5.39 Å². The maximum Gasteiger partial charge on any atom is 0.211 e. The monoisotopic (exact) mass is 333 g/mol. The molecule has 0 fully saturated rings. The van der Waals surface area contributed by atoms with Gasteiger partial charge in [0.25, 0.3) is 0 Å². The summed E-state index contributed by atoms with van der Waals surface area (Å²) in [5.41, 5.74) is 2.01. The van der Waals surface area contributed by atoms with Crippen molar-refractivity contribution in [2.24, 2.45) is 0 Å². The molecule has 0 radical (unpaired) electrons. The maximum absolute atomic E-state index is 10.1. The highest BCUT2D eigenvalue weighted by atomic mass is 79.9. The first-order chi connectivity index (χ1) is 9.08. The molecule has 0 aliphatic carbocycles. The first-order valence-electron chi connectivity index (χ1n) is 6.36. The standard InChI is InChI=1S/C16H15NO2.BrH/c1-10(2)12-8-15(18)16(19)13-7-11-5-3-4-6-17(11)9-14(12)13;/h3-10,19H,1-2H3;1H. The molecular formula is C16H16BrNO2. The van der Waals surface area contributed by atoms with Gasteiger partial charge in [-0.1, -0.05) is 13.8 Å². The van der Waals surface area contributed by atoms with Gasteiger partial charge in [-0.3, -0.25) is 0 Å². The second-order valence-corrected chi connectivity index (χ2v) is 5.12. The number of hydrogen-bond donors (Lipinski definition) is 2. The summed E-state index contributed by atoms with van der Waals surface area (Å²) in [5, 5.41) is 21.6. The van der Waals surface area contributed by atoms with Gasteiger partial charge in [-0.2, -0.15) is 4.40 Å². The van der Waals surface area contributed by atoms with Crippen LogP contribution < -0.4 is 21.4 Å². The van der Waals surface area contributed by atoms with Gasteiger partial charge in [0, 0.05) is 23.6 Å². The normalized spacial score (nSPS) is 10.9. The van der Waals surface area contributed by atoms with Crippen molar-refractivity contribution < 1.29 is 31.6 Å². The van der Waals surface area contributed by atoms with Crippen molar-refractivity contribution in [2.45, 2.75) is 19.8 Å². The largest absolute Gasteiger partial charge is 1.00 e. The molecule has 2 aromatic heterocycles. The number of rotatable bonds is 1. The van der Waals surface area contributed by atoms with E-state index in [2.05, 4.69) is 13.8 Å². The number of nitrogens with zero attached hydrogens (tertiary/aromatic N) is 1. The van der Waals surface area contributed by atoms with Crippen molar-refractivity contribution in [1.29, 1.82) is 0 Å². The van der Waals surface area contributed by atoms with Gasteiger partial charge in [0.1, 0.15) is 0 Å². The zero-order valence-electron chi connectivity index (χ0n) is 11.3. The number of aromatic nitrogens is 1. The molecule has 2 heterocycles. The van der Waals surface area contributed by atoms with Gasteiger partial charge in [-0.05, 0) is 23.6 Å². The molecule has 104 valence electrons. The van der Waals surface area contributed by atoms with Gasteiger partial charge in [0.15, 0.2) is 23.9 Å². The Kier molecular flexibility index (Phi) is 3.86. The maximum atomic E-state index is 10.1. The second kappa shape index (κ2) is 5.29. The summed E-state index contributed by atoms with van der Waals surface area (Å²) < 4.78 is 2.02. The lowest BCUT2D eigenvalue weighted by Gasteiger charge is -2.11. The van der Waals surface area contributed by atoms with E-state index in [4.69, 9.17) is 0 Å². The fraction of sp³-hybridized carbons (Fsp3) is 0.188. The molecular weight excluding hydrogens is 318 g/mol. The van der Waals surface area contributed by atoms with Crippen LogP contribution >= 0.6 is 0 Å². The Morgan fingerprint density at radius 3 is 2.50 bits per heavy atom. The van der Waals surface area contributed by atoms with E-state index in [1.807, 2.05) is 41.1 Å². The molecule has 0 amide bonds. The van der Waals surface area contributed by atoms with E-state index >= 15 is 0 Å². The predicted octanol–water partition coefficient (Wildman–Crippen LogP) is 0.117. The number of halogens is 1. The van der Waals surface area contributed by atoms with Gasteiger partial charge in [-0.25, -0.2) is 0 Å². The predicted molar refractivity (Wildman–Crippen MR) is 74.5 cm³/mol. The second-order valence-electron chi connectivity index (χ2n) is 5.12. The Bertz CT molecular complexity index is 784. The topological polar surface area (TPSA) is 44.6 Å². The molecule has 0 atom stereocenters. The molecule has 0 aliphatic rings. The van der Waals surface area contributed by atoms with Crippen molar-refractivity contribution in [3.63, 3.8) is 0 Å². The summed E-state index contributed by atoms with van der Waals surface area (Å²) in [6, 6.07) is 9.43. The van der Waals surface area contributed by atoms with E-state index in [0.29, 0.717) is 5.39 Å². The number of aromatic hydroxyl groups is 2. The minimum Gasteiger partial charge on any atom is -1.00 e. The van der Waals surface area contributed by atoms with Crippen LogP contribution in [-0.4, -0.2) is 10.2 Å². The molecule has 1 aromatic carbocycles. The first kappa shape index (κ1) is 14.6. The van der Waals surface area contributed by atoms with Gasteiger partial charge in [0.2, 0.25) is 5.52 Å². The zero-order valence-corrected chi connectivity index (χ0v) is 12.9. The van der Waals surface area contributed by atoms with E-state index in [1.54, 1.807) is 6.07 Å². The number of phenols is 2. The lowest BCUT2D eigenvalue weighted by molar-refractivity contribution is -0.510. The van der Waals surface area contributed by atoms with Crippen molar-refractivity contribution in [3.05, 3.63) is 48.3 Å². The van der Waals surface area contributed by atoms with Gasteiger partial charge >= 0.3 is 0 Å². The Labute approximate surface area is 127 Å². The van der Waals surface area contributed by atoms with E-state index in [0.717, 1.165) is 16.5 Å². The minimum absolute atomic E-state index is 0. The Hall–Kier alpha value is -1.81. The number of benzene rings is 1. The molecule has 2 N–H and O–H groups in total. The fourth-order valence-corrected chi connectivity index (χ4v) is 2.48. The summed E-state index contributed by atoms with van der Waals surface area (Å²) in [7, 11) is 0. The smallest absolute Gasteiger partial charge is 0.211 e. The van der Waals surface area contributed by atoms with E-state index in [-0.39, 0.29) is 34.4 Å². The molecule has 0 aliphatic heterocycles.